The molecule has 0 aliphatic rings. The zero-order valence-corrected chi connectivity index (χ0v) is 16.7. The van der Waals surface area contributed by atoms with Gasteiger partial charge in [0.05, 0.1) is 23.2 Å². The van der Waals surface area contributed by atoms with Crippen molar-refractivity contribution < 1.29 is 17.9 Å². The summed E-state index contributed by atoms with van der Waals surface area (Å²) < 4.78 is 35.5. The number of halogens is 1. The molecule has 0 radical (unpaired) electrons. The molecule has 142 valence electrons. The molecule has 0 saturated carbocycles. The molecule has 27 heavy (non-hydrogen) atoms. The molecule has 0 bridgehead atoms. The summed E-state index contributed by atoms with van der Waals surface area (Å²) in [5, 5.41) is 4.09. The molecule has 0 atom stereocenters. The summed E-state index contributed by atoms with van der Waals surface area (Å²) in [6.07, 6.45) is 6.50. The van der Waals surface area contributed by atoms with Crippen LogP contribution in [0.2, 0.25) is 5.02 Å². The van der Waals surface area contributed by atoms with Crippen LogP contribution < -0.4 is 14.3 Å². The summed E-state index contributed by atoms with van der Waals surface area (Å²) in [7, 11) is -2.33. The minimum absolute atomic E-state index is 0.0408. The van der Waals surface area contributed by atoms with Gasteiger partial charge in [-0.15, -0.1) is 6.42 Å². The van der Waals surface area contributed by atoms with Gasteiger partial charge in [0, 0.05) is 0 Å². The van der Waals surface area contributed by atoms with Crippen LogP contribution in [0.25, 0.3) is 0 Å². The van der Waals surface area contributed by atoms with Gasteiger partial charge in [0.15, 0.2) is 11.5 Å². The lowest BCUT2D eigenvalue weighted by atomic mass is 10.2. The third kappa shape index (κ3) is 5.16. The highest BCUT2D eigenvalue weighted by Crippen LogP contribution is 2.36. The van der Waals surface area contributed by atoms with Gasteiger partial charge in [0.2, 0.25) is 0 Å². The maximum Gasteiger partial charge on any atom is 0.276 e. The van der Waals surface area contributed by atoms with Gasteiger partial charge in [-0.3, -0.25) is 0 Å². The Balaban J connectivity index is 2.24. The highest BCUT2D eigenvalue weighted by Gasteiger charge is 2.16. The number of benzene rings is 2. The highest BCUT2D eigenvalue weighted by molar-refractivity contribution is 7.89. The molecule has 2 aromatic carbocycles. The topological polar surface area (TPSA) is 77.0 Å². The second-order valence-electron chi connectivity index (χ2n) is 5.65. The van der Waals surface area contributed by atoms with E-state index in [-0.39, 0.29) is 16.5 Å². The molecule has 2 rings (SSSR count). The normalized spacial score (nSPS) is 11.2. The molecule has 0 heterocycles. The Morgan fingerprint density at radius 1 is 1.30 bits per heavy atom. The van der Waals surface area contributed by atoms with E-state index in [1.54, 1.807) is 31.2 Å². The fraction of sp³-hybridized carbons (Fsp3) is 0.211. The standard InChI is InChI=1S/C19H19ClN2O4S/c1-5-8-26-19-16(20)10-15(11-17(19)25-4)12-21-22-27(23,24)18-9-13(2)6-7-14(18)3/h1,6-7,9-12,22H,8H2,2-4H3/b21-12-. The van der Waals surface area contributed by atoms with E-state index in [0.29, 0.717) is 22.6 Å². The molecule has 0 aliphatic carbocycles. The van der Waals surface area contributed by atoms with Crippen LogP contribution in [0, 0.1) is 26.2 Å². The summed E-state index contributed by atoms with van der Waals surface area (Å²) in [6, 6.07) is 8.34. The number of hydrazone groups is 1. The third-order valence-electron chi connectivity index (χ3n) is 3.57. The van der Waals surface area contributed by atoms with Gasteiger partial charge < -0.3 is 9.47 Å². The molecule has 0 amide bonds. The van der Waals surface area contributed by atoms with Crippen molar-refractivity contribution in [3.05, 3.63) is 52.0 Å². The van der Waals surface area contributed by atoms with E-state index in [1.807, 2.05) is 13.0 Å². The van der Waals surface area contributed by atoms with Crippen molar-refractivity contribution in [2.24, 2.45) is 5.10 Å². The van der Waals surface area contributed by atoms with Gasteiger partial charge in [-0.1, -0.05) is 29.7 Å². The SMILES string of the molecule is C#CCOc1c(Cl)cc(/C=N\NS(=O)(=O)c2cc(C)ccc2C)cc1OC. The zero-order chi connectivity index (χ0) is 20.0. The fourth-order valence-corrected chi connectivity index (χ4v) is 3.68. The van der Waals surface area contributed by atoms with Gasteiger partial charge in [0.25, 0.3) is 10.0 Å². The van der Waals surface area contributed by atoms with Gasteiger partial charge in [-0.25, -0.2) is 4.83 Å². The second kappa shape index (κ2) is 8.80. The molecule has 0 saturated heterocycles. The Bertz CT molecular complexity index is 1010. The van der Waals surface area contributed by atoms with Crippen LogP contribution in [0.4, 0.5) is 0 Å². The lowest BCUT2D eigenvalue weighted by molar-refractivity contribution is 0.331. The minimum Gasteiger partial charge on any atom is -0.493 e. The Kier molecular flexibility index (Phi) is 6.72. The maximum atomic E-state index is 12.4. The first-order valence-corrected chi connectivity index (χ1v) is 9.70. The highest BCUT2D eigenvalue weighted by atomic mass is 35.5. The van der Waals surface area contributed by atoms with Crippen LogP contribution in [-0.4, -0.2) is 28.3 Å². The summed E-state index contributed by atoms with van der Waals surface area (Å²) in [5.74, 6) is 3.01. The van der Waals surface area contributed by atoms with Crippen molar-refractivity contribution in [1.29, 1.82) is 0 Å². The van der Waals surface area contributed by atoms with Gasteiger partial charge in [-0.05, 0) is 48.7 Å². The Labute approximate surface area is 164 Å². The van der Waals surface area contributed by atoms with Crippen LogP contribution >= 0.6 is 11.6 Å². The average molecular weight is 407 g/mol. The van der Waals surface area contributed by atoms with Gasteiger partial charge in [0.1, 0.15) is 6.61 Å². The summed E-state index contributed by atoms with van der Waals surface area (Å²) in [6.45, 7) is 3.58. The predicted octanol–water partition coefficient (Wildman–Crippen LogP) is 3.29. The summed E-state index contributed by atoms with van der Waals surface area (Å²) in [4.78, 5) is 2.37. The van der Waals surface area contributed by atoms with Crippen LogP contribution in [0.3, 0.4) is 0 Å². The molecule has 0 aromatic heterocycles. The number of hydrogen-bond donors (Lipinski definition) is 1. The molecule has 2 aromatic rings. The van der Waals surface area contributed by atoms with Crippen molar-refractivity contribution in [3.63, 3.8) is 0 Å². The molecule has 1 N–H and O–H groups in total. The number of aryl methyl sites for hydroxylation is 2. The van der Waals surface area contributed by atoms with Crippen LogP contribution in [0.15, 0.2) is 40.3 Å². The molecular weight excluding hydrogens is 388 g/mol. The number of methoxy groups -OCH3 is 1. The number of nitrogens with zero attached hydrogens (tertiary/aromatic N) is 1. The largest absolute Gasteiger partial charge is 0.493 e. The van der Waals surface area contributed by atoms with E-state index in [0.717, 1.165) is 5.56 Å². The Morgan fingerprint density at radius 3 is 2.70 bits per heavy atom. The van der Waals surface area contributed by atoms with Gasteiger partial charge >= 0.3 is 0 Å². The average Bonchev–Trinajstić information content (AvgIpc) is 2.62. The van der Waals surface area contributed by atoms with E-state index in [4.69, 9.17) is 27.5 Å². The van der Waals surface area contributed by atoms with Gasteiger partial charge in [-0.2, -0.15) is 13.5 Å². The molecule has 6 nitrogen and oxygen atoms in total. The number of sulfonamides is 1. The first-order valence-electron chi connectivity index (χ1n) is 7.84. The van der Waals surface area contributed by atoms with Crippen molar-refractivity contribution >= 4 is 27.8 Å². The summed E-state index contributed by atoms with van der Waals surface area (Å²) >= 11 is 6.18. The van der Waals surface area contributed by atoms with Crippen LogP contribution in [-0.2, 0) is 10.0 Å². The fourth-order valence-electron chi connectivity index (χ4n) is 2.28. The van der Waals surface area contributed by atoms with Crippen molar-refractivity contribution in [2.75, 3.05) is 13.7 Å². The molecule has 0 aliphatic heterocycles. The zero-order valence-electron chi connectivity index (χ0n) is 15.1. The molecule has 0 fully saturated rings. The third-order valence-corrected chi connectivity index (χ3v) is 5.22. The predicted molar refractivity (Wildman–Crippen MR) is 106 cm³/mol. The number of nitrogens with one attached hydrogen (secondary N) is 1. The molecule has 0 spiro atoms. The van der Waals surface area contributed by atoms with Crippen LogP contribution in [0.5, 0.6) is 11.5 Å². The first-order chi connectivity index (χ1) is 12.8. The van der Waals surface area contributed by atoms with E-state index in [1.165, 1.54) is 13.3 Å². The lowest BCUT2D eigenvalue weighted by Crippen LogP contribution is -2.19. The van der Waals surface area contributed by atoms with E-state index in [9.17, 15) is 8.42 Å². The van der Waals surface area contributed by atoms with Crippen molar-refractivity contribution in [1.82, 2.24) is 4.83 Å². The number of terminal acetylenes is 1. The second-order valence-corrected chi connectivity index (χ2v) is 7.69. The molecular formula is C19H19ClN2O4S. The minimum atomic E-state index is -3.79. The number of ether oxygens (including phenoxy) is 2. The summed E-state index contributed by atoms with van der Waals surface area (Å²) in [5.41, 5.74) is 1.99. The van der Waals surface area contributed by atoms with E-state index >= 15 is 0 Å². The quantitative estimate of drug-likeness (QED) is 0.435. The van der Waals surface area contributed by atoms with Crippen molar-refractivity contribution in [3.8, 4) is 23.8 Å². The lowest BCUT2D eigenvalue weighted by Gasteiger charge is -2.11. The van der Waals surface area contributed by atoms with Crippen LogP contribution in [0.1, 0.15) is 16.7 Å². The Morgan fingerprint density at radius 2 is 2.04 bits per heavy atom. The number of hydrogen-bond acceptors (Lipinski definition) is 5. The monoisotopic (exact) mass is 406 g/mol. The number of rotatable bonds is 7. The first kappa shape index (κ1) is 20.6. The molecule has 0 unspecified atom stereocenters. The van der Waals surface area contributed by atoms with E-state index < -0.39 is 10.0 Å². The maximum absolute atomic E-state index is 12.4. The van der Waals surface area contributed by atoms with E-state index in [2.05, 4.69) is 15.9 Å². The molecule has 8 heteroatoms. The Hall–Kier alpha value is -2.69. The van der Waals surface area contributed by atoms with Crippen molar-refractivity contribution in [2.45, 2.75) is 18.7 Å². The smallest absolute Gasteiger partial charge is 0.276 e.